The third-order valence-electron chi connectivity index (χ3n) is 4.63. The predicted molar refractivity (Wildman–Crippen MR) is 102 cm³/mol. The number of hydrogen-bond acceptors (Lipinski definition) is 6. The minimum atomic E-state index is -0.381. The molecule has 1 aliphatic rings. The lowest BCUT2D eigenvalue weighted by molar-refractivity contribution is 0.101. The van der Waals surface area contributed by atoms with Crippen molar-refractivity contribution >= 4 is 22.2 Å². The number of amides is 1. The molecule has 0 spiro atoms. The monoisotopic (exact) mass is 379 g/mol. The number of carbonyl (C=O) groups is 1. The highest BCUT2D eigenvalue weighted by Gasteiger charge is 2.23. The summed E-state index contributed by atoms with van der Waals surface area (Å²) in [6, 6.07) is 11.1. The van der Waals surface area contributed by atoms with Crippen molar-refractivity contribution in [2.45, 2.75) is 25.7 Å². The van der Waals surface area contributed by atoms with Gasteiger partial charge in [0.15, 0.2) is 11.5 Å². The second-order valence-electron chi connectivity index (χ2n) is 6.29. The van der Waals surface area contributed by atoms with Gasteiger partial charge in [0.25, 0.3) is 5.91 Å². The van der Waals surface area contributed by atoms with Gasteiger partial charge in [0.05, 0.1) is 12.7 Å². The summed E-state index contributed by atoms with van der Waals surface area (Å²) in [7, 11) is 1.60. The minimum Gasteiger partial charge on any atom is -0.497 e. The summed E-state index contributed by atoms with van der Waals surface area (Å²) in [4.78, 5) is 13.8. The molecule has 4 rings (SSSR count). The van der Waals surface area contributed by atoms with Gasteiger partial charge >= 0.3 is 0 Å². The first-order valence-corrected chi connectivity index (χ1v) is 9.48. The molecule has 0 unspecified atom stereocenters. The highest BCUT2D eigenvalue weighted by molar-refractivity contribution is 7.16. The summed E-state index contributed by atoms with van der Waals surface area (Å²) in [5, 5.41) is 16.8. The van der Waals surface area contributed by atoms with Crippen molar-refractivity contribution < 1.29 is 14.1 Å². The number of nitriles is 1. The van der Waals surface area contributed by atoms with Crippen molar-refractivity contribution in [1.29, 1.82) is 5.26 Å². The number of methoxy groups -OCH3 is 1. The molecule has 0 saturated carbocycles. The normalized spacial score (nSPS) is 12.9. The molecule has 2 heterocycles. The zero-order valence-corrected chi connectivity index (χ0v) is 15.6. The number of fused-ring (bicyclic) bond motifs is 1. The number of rotatable bonds is 4. The fourth-order valence-electron chi connectivity index (χ4n) is 3.21. The Morgan fingerprint density at radius 2 is 2.07 bits per heavy atom. The van der Waals surface area contributed by atoms with Gasteiger partial charge in [-0.3, -0.25) is 4.79 Å². The second kappa shape index (κ2) is 7.25. The van der Waals surface area contributed by atoms with E-state index in [9.17, 15) is 10.1 Å². The van der Waals surface area contributed by atoms with Crippen molar-refractivity contribution in [1.82, 2.24) is 5.16 Å². The van der Waals surface area contributed by atoms with Crippen LogP contribution in [-0.4, -0.2) is 18.2 Å². The maximum absolute atomic E-state index is 12.6. The second-order valence-corrected chi connectivity index (χ2v) is 7.39. The van der Waals surface area contributed by atoms with E-state index in [0.29, 0.717) is 16.3 Å². The standard InChI is InChI=1S/C20H17N3O3S/c1-25-13-8-6-12(7-9-13)17-10-16(23-26-17)19(24)22-20-15(11-21)14-4-2-3-5-18(14)27-20/h6-10H,2-5H2,1H3,(H,22,24). The predicted octanol–water partition coefficient (Wildman–Crippen LogP) is 4.41. The SMILES string of the molecule is COc1ccc(-c2cc(C(=O)Nc3sc4c(c3C#N)CCCC4)no2)cc1. The number of anilines is 1. The van der Waals surface area contributed by atoms with Gasteiger partial charge in [-0.2, -0.15) is 5.26 Å². The molecule has 7 heteroatoms. The molecule has 0 radical (unpaired) electrons. The van der Waals surface area contributed by atoms with E-state index in [0.717, 1.165) is 42.6 Å². The van der Waals surface area contributed by atoms with Crippen LogP contribution < -0.4 is 10.1 Å². The average Bonchev–Trinajstić information content (AvgIpc) is 3.32. The van der Waals surface area contributed by atoms with Crippen LogP contribution in [0.15, 0.2) is 34.9 Å². The maximum atomic E-state index is 12.6. The average molecular weight is 379 g/mol. The molecule has 2 aromatic heterocycles. The lowest BCUT2D eigenvalue weighted by Gasteiger charge is -2.09. The van der Waals surface area contributed by atoms with Crippen molar-refractivity contribution in [2.24, 2.45) is 0 Å². The van der Waals surface area contributed by atoms with Crippen LogP contribution in [0.2, 0.25) is 0 Å². The molecule has 1 aromatic carbocycles. The van der Waals surface area contributed by atoms with E-state index in [1.54, 1.807) is 13.2 Å². The van der Waals surface area contributed by atoms with Gasteiger partial charge in [-0.15, -0.1) is 11.3 Å². The third-order valence-corrected chi connectivity index (χ3v) is 5.83. The van der Waals surface area contributed by atoms with Gasteiger partial charge in [0.2, 0.25) is 0 Å². The molecule has 0 fully saturated rings. The van der Waals surface area contributed by atoms with E-state index in [2.05, 4.69) is 16.5 Å². The largest absolute Gasteiger partial charge is 0.497 e. The lowest BCUT2D eigenvalue weighted by Crippen LogP contribution is -2.12. The van der Waals surface area contributed by atoms with Crippen LogP contribution >= 0.6 is 11.3 Å². The van der Waals surface area contributed by atoms with Crippen LogP contribution in [0.3, 0.4) is 0 Å². The lowest BCUT2D eigenvalue weighted by atomic mass is 9.96. The molecule has 0 bridgehead atoms. The number of nitrogens with one attached hydrogen (secondary N) is 1. The molecule has 27 heavy (non-hydrogen) atoms. The highest BCUT2D eigenvalue weighted by Crippen LogP contribution is 2.37. The first-order valence-electron chi connectivity index (χ1n) is 8.66. The van der Waals surface area contributed by atoms with E-state index in [4.69, 9.17) is 9.26 Å². The van der Waals surface area contributed by atoms with Crippen molar-refractivity contribution in [2.75, 3.05) is 12.4 Å². The highest BCUT2D eigenvalue weighted by atomic mass is 32.1. The van der Waals surface area contributed by atoms with Crippen LogP contribution in [0.4, 0.5) is 5.00 Å². The molecule has 0 atom stereocenters. The first kappa shape index (κ1) is 17.3. The fourth-order valence-corrected chi connectivity index (χ4v) is 4.45. The van der Waals surface area contributed by atoms with Gasteiger partial charge in [-0.05, 0) is 55.5 Å². The van der Waals surface area contributed by atoms with E-state index in [1.165, 1.54) is 16.2 Å². The van der Waals surface area contributed by atoms with Gasteiger partial charge in [-0.1, -0.05) is 5.16 Å². The van der Waals surface area contributed by atoms with Gasteiger partial charge in [0, 0.05) is 16.5 Å². The van der Waals surface area contributed by atoms with E-state index >= 15 is 0 Å². The summed E-state index contributed by atoms with van der Waals surface area (Å²) in [5.41, 5.74) is 2.65. The molecule has 0 aliphatic heterocycles. The number of nitrogens with zero attached hydrogens (tertiary/aromatic N) is 2. The van der Waals surface area contributed by atoms with E-state index < -0.39 is 0 Å². The molecule has 136 valence electrons. The van der Waals surface area contributed by atoms with Gasteiger partial charge < -0.3 is 14.6 Å². The molecular weight excluding hydrogens is 362 g/mol. The van der Waals surface area contributed by atoms with Gasteiger partial charge in [0.1, 0.15) is 16.8 Å². The van der Waals surface area contributed by atoms with E-state index in [-0.39, 0.29) is 11.6 Å². The van der Waals surface area contributed by atoms with Crippen LogP contribution in [0.5, 0.6) is 5.75 Å². The minimum absolute atomic E-state index is 0.177. The number of ether oxygens (including phenoxy) is 1. The Kier molecular flexibility index (Phi) is 4.65. The van der Waals surface area contributed by atoms with Crippen LogP contribution in [0.1, 0.15) is 39.3 Å². The maximum Gasteiger partial charge on any atom is 0.278 e. The van der Waals surface area contributed by atoms with Crippen molar-refractivity contribution in [3.8, 4) is 23.1 Å². The summed E-state index contributed by atoms with van der Waals surface area (Å²) in [6.07, 6.45) is 4.08. The van der Waals surface area contributed by atoms with Crippen LogP contribution in [0, 0.1) is 11.3 Å². The summed E-state index contributed by atoms with van der Waals surface area (Å²) in [5.74, 6) is 0.851. The van der Waals surface area contributed by atoms with Crippen LogP contribution in [-0.2, 0) is 12.8 Å². The summed E-state index contributed by atoms with van der Waals surface area (Å²) < 4.78 is 10.4. The van der Waals surface area contributed by atoms with Crippen molar-refractivity contribution in [3.05, 3.63) is 52.0 Å². The summed E-state index contributed by atoms with van der Waals surface area (Å²) >= 11 is 1.49. The number of aryl methyl sites for hydroxylation is 1. The zero-order valence-electron chi connectivity index (χ0n) is 14.7. The third kappa shape index (κ3) is 3.32. The Morgan fingerprint density at radius 1 is 1.30 bits per heavy atom. The molecule has 3 aromatic rings. The molecule has 1 aliphatic carbocycles. The number of hydrogen-bond donors (Lipinski definition) is 1. The quantitative estimate of drug-likeness (QED) is 0.725. The summed E-state index contributed by atoms with van der Waals surface area (Å²) in [6.45, 7) is 0. The Hall–Kier alpha value is -3.11. The number of aromatic nitrogens is 1. The Bertz CT molecular complexity index is 1030. The smallest absolute Gasteiger partial charge is 0.278 e. The number of thiophene rings is 1. The van der Waals surface area contributed by atoms with E-state index in [1.807, 2.05) is 24.3 Å². The molecule has 1 amide bonds. The van der Waals surface area contributed by atoms with Crippen molar-refractivity contribution in [3.63, 3.8) is 0 Å². The fraction of sp³-hybridized carbons (Fsp3) is 0.250. The Balaban J connectivity index is 1.55. The zero-order chi connectivity index (χ0) is 18.8. The molecular formula is C20H17N3O3S. The molecule has 1 N–H and O–H groups in total. The number of benzene rings is 1. The van der Waals surface area contributed by atoms with Gasteiger partial charge in [-0.25, -0.2) is 0 Å². The molecule has 0 saturated heterocycles. The number of carbonyl (C=O) groups excluding carboxylic acids is 1. The van der Waals surface area contributed by atoms with Crippen LogP contribution in [0.25, 0.3) is 11.3 Å². The topological polar surface area (TPSA) is 88.1 Å². The molecule has 6 nitrogen and oxygen atoms in total. The first-order chi connectivity index (χ1) is 13.2. The Labute approximate surface area is 160 Å². The Morgan fingerprint density at radius 3 is 2.81 bits per heavy atom.